The number of nitrogens with zero attached hydrogens (tertiary/aromatic N) is 1. The Labute approximate surface area is 116 Å². The molecule has 1 aliphatic rings. The molecule has 0 radical (unpaired) electrons. The number of likely N-dealkylation sites (tertiary alicyclic amines) is 1. The summed E-state index contributed by atoms with van der Waals surface area (Å²) in [5.41, 5.74) is -0.0104. The van der Waals surface area contributed by atoms with Crippen LogP contribution in [0.25, 0.3) is 0 Å². The van der Waals surface area contributed by atoms with Gasteiger partial charge in [-0.05, 0) is 36.9 Å². The Morgan fingerprint density at radius 3 is 2.26 bits per heavy atom. The number of rotatable bonds is 5. The monoisotopic (exact) mass is 280 g/mol. The highest BCUT2D eigenvalue weighted by atomic mass is 19.3. The lowest BCUT2D eigenvalue weighted by Crippen LogP contribution is -2.46. The third-order valence-electron chi connectivity index (χ3n) is 3.22. The number of carbonyl (C=O) groups is 1. The first-order chi connectivity index (χ1) is 9.12. The van der Waals surface area contributed by atoms with Gasteiger partial charge in [0.1, 0.15) is 6.61 Å². The molecular weight excluding hydrogens is 251 g/mol. The second kappa shape index (κ2) is 13.7. The van der Waals surface area contributed by atoms with Crippen molar-refractivity contribution in [3.63, 3.8) is 0 Å². The van der Waals surface area contributed by atoms with Crippen LogP contribution in [0.15, 0.2) is 0 Å². The van der Waals surface area contributed by atoms with Gasteiger partial charge in [0.05, 0.1) is 0 Å². The Bertz CT molecular complexity index is 208. The van der Waals surface area contributed by atoms with Crippen LogP contribution in [-0.4, -0.2) is 57.8 Å². The van der Waals surface area contributed by atoms with E-state index in [-0.39, 0.29) is 12.1 Å². The number of halogens is 1. The fourth-order valence-electron chi connectivity index (χ4n) is 2.26. The predicted molar refractivity (Wildman–Crippen MR) is 74.6 cm³/mol. The van der Waals surface area contributed by atoms with E-state index < -0.39 is 0 Å². The van der Waals surface area contributed by atoms with Crippen molar-refractivity contribution < 1.29 is 19.0 Å². The van der Waals surface area contributed by atoms with Crippen molar-refractivity contribution in [1.29, 1.82) is 0 Å². The Balaban J connectivity index is 0. The van der Waals surface area contributed by atoms with Crippen molar-refractivity contribution in [3.05, 3.63) is 0 Å². The molecule has 0 aromatic carbocycles. The number of hydrogen-bond donors (Lipinski definition) is 1. The fourth-order valence-corrected chi connectivity index (χ4v) is 2.26. The lowest BCUT2D eigenvalue weighted by atomic mass is 9.94. The maximum Gasteiger partial charge on any atom is 0.206 e. The Hall–Kier alpha value is -0.720. The van der Waals surface area contributed by atoms with E-state index in [1.807, 2.05) is 0 Å². The van der Waals surface area contributed by atoms with E-state index in [4.69, 9.17) is 4.79 Å². The highest BCUT2D eigenvalue weighted by molar-refractivity contribution is 5.44. The van der Waals surface area contributed by atoms with Crippen LogP contribution in [0, 0.1) is 0 Å². The maximum absolute atomic E-state index is 11.9. The van der Waals surface area contributed by atoms with Gasteiger partial charge in [-0.25, -0.2) is 0 Å². The minimum absolute atomic E-state index is 0.0104. The molecule has 19 heavy (non-hydrogen) atoms. The van der Waals surface area contributed by atoms with Crippen molar-refractivity contribution in [3.8, 4) is 0 Å². The normalized spacial score (nSPS) is 21.8. The molecule has 0 aromatic heterocycles. The summed E-state index contributed by atoms with van der Waals surface area (Å²) < 4.78 is 16.1. The van der Waals surface area contributed by atoms with Crippen LogP contribution in [0.2, 0.25) is 0 Å². The summed E-state index contributed by atoms with van der Waals surface area (Å²) in [6.07, 6.45) is 3.84. The van der Waals surface area contributed by atoms with Crippen LogP contribution in [-0.2, 0) is 14.5 Å². The van der Waals surface area contributed by atoms with Crippen molar-refractivity contribution in [2.75, 3.05) is 41.0 Å². The van der Waals surface area contributed by atoms with Gasteiger partial charge >= 0.3 is 0 Å². The van der Waals surface area contributed by atoms with Gasteiger partial charge in [-0.15, -0.1) is 0 Å². The number of hydrogen-bond acceptors (Lipinski definition) is 4. The molecule has 1 heterocycles. The van der Waals surface area contributed by atoms with Gasteiger partial charge in [-0.3, -0.25) is 9.69 Å². The molecule has 1 saturated heterocycles. The average Bonchev–Trinajstić information content (AvgIpc) is 2.84. The zero-order valence-corrected chi connectivity index (χ0v) is 12.9. The molecule has 5 nitrogen and oxygen atoms in total. The lowest BCUT2D eigenvalue weighted by molar-refractivity contribution is -0.165. The van der Waals surface area contributed by atoms with E-state index in [9.17, 15) is 4.53 Å². The summed E-state index contributed by atoms with van der Waals surface area (Å²) in [5.74, 6) is 0. The zero-order valence-electron chi connectivity index (χ0n) is 12.9. The van der Waals surface area contributed by atoms with E-state index in [0.717, 1.165) is 25.9 Å². The smallest absolute Gasteiger partial charge is 0.206 e. The van der Waals surface area contributed by atoms with Crippen LogP contribution in [0.5, 0.6) is 0 Å². The van der Waals surface area contributed by atoms with E-state index in [2.05, 4.69) is 33.7 Å². The summed E-state index contributed by atoms with van der Waals surface area (Å²) in [7, 11) is 4.81. The number of carbonyl (C=O) groups excluding carboxylic acids is 1. The summed E-state index contributed by atoms with van der Waals surface area (Å²) in [5, 5.41) is 2.25. The molecule has 1 unspecified atom stereocenters. The Morgan fingerprint density at radius 1 is 1.42 bits per heavy atom. The molecule has 0 spiro atoms. The topological polar surface area (TPSA) is 50.8 Å². The molecule has 1 N–H and O–H groups in total. The quantitative estimate of drug-likeness (QED) is 0.780. The summed E-state index contributed by atoms with van der Waals surface area (Å²) in [6, 6.07) is 0. The molecule has 0 saturated carbocycles. The summed E-state index contributed by atoms with van der Waals surface area (Å²) >= 11 is 0. The second-order valence-corrected chi connectivity index (χ2v) is 4.33. The van der Waals surface area contributed by atoms with Crippen LogP contribution >= 0.6 is 0 Å². The largest absolute Gasteiger partial charge is 0.388 e. The minimum Gasteiger partial charge on any atom is -0.388 e. The number of amides is 1. The third-order valence-corrected chi connectivity index (χ3v) is 3.22. The van der Waals surface area contributed by atoms with Crippen molar-refractivity contribution >= 4 is 6.41 Å². The molecule has 0 bridgehead atoms. The van der Waals surface area contributed by atoms with Gasteiger partial charge < -0.3 is 10.1 Å². The first-order valence-corrected chi connectivity index (χ1v) is 6.61. The van der Waals surface area contributed by atoms with Crippen molar-refractivity contribution in [1.82, 2.24) is 10.2 Å². The number of ether oxygens (including phenoxy) is 1. The molecule has 1 fully saturated rings. The van der Waals surface area contributed by atoms with Gasteiger partial charge in [0, 0.05) is 26.8 Å². The number of methoxy groups -OCH3 is 1. The van der Waals surface area contributed by atoms with Gasteiger partial charge in [0.25, 0.3) is 0 Å². The van der Waals surface area contributed by atoms with Gasteiger partial charge in [-0.2, -0.15) is 4.94 Å². The summed E-state index contributed by atoms with van der Waals surface area (Å²) in [6.45, 7) is 6.54. The SMILES string of the molecule is CCN1CCCC1(CC)COF.CNC=O.COC. The predicted octanol–water partition coefficient (Wildman–Crippen LogP) is 1.78. The van der Waals surface area contributed by atoms with Crippen molar-refractivity contribution in [2.24, 2.45) is 0 Å². The molecule has 116 valence electrons. The van der Waals surface area contributed by atoms with Gasteiger partial charge in [0.15, 0.2) is 0 Å². The molecule has 1 rings (SSSR count). The van der Waals surface area contributed by atoms with E-state index >= 15 is 0 Å². The highest BCUT2D eigenvalue weighted by Crippen LogP contribution is 2.32. The first-order valence-electron chi connectivity index (χ1n) is 6.61. The van der Waals surface area contributed by atoms with E-state index in [1.165, 1.54) is 6.42 Å². The van der Waals surface area contributed by atoms with Crippen LogP contribution in [0.3, 0.4) is 0 Å². The molecule has 0 aromatic rings. The fraction of sp³-hybridized carbons (Fsp3) is 0.923. The lowest BCUT2D eigenvalue weighted by Gasteiger charge is -2.35. The maximum atomic E-state index is 11.9. The Morgan fingerprint density at radius 2 is 1.95 bits per heavy atom. The zero-order chi connectivity index (χ0) is 15.1. The molecule has 6 heteroatoms. The van der Waals surface area contributed by atoms with Crippen LogP contribution < -0.4 is 5.32 Å². The first kappa shape index (κ1) is 20.6. The molecule has 0 aliphatic carbocycles. The minimum atomic E-state index is -0.0104. The number of likely N-dealkylation sites (N-methyl/N-ethyl adjacent to an activating group) is 1. The van der Waals surface area contributed by atoms with Gasteiger partial charge in [0.2, 0.25) is 6.41 Å². The molecule has 1 amide bonds. The highest BCUT2D eigenvalue weighted by Gasteiger charge is 2.38. The average molecular weight is 280 g/mol. The summed E-state index contributed by atoms with van der Waals surface area (Å²) in [4.78, 5) is 15.2. The Kier molecular flexibility index (Phi) is 14.9. The second-order valence-electron chi connectivity index (χ2n) is 4.33. The number of nitrogens with one attached hydrogen (secondary N) is 1. The molecule has 1 atom stereocenters. The molecular formula is C13H29FN2O3. The molecule has 1 aliphatic heterocycles. The van der Waals surface area contributed by atoms with Crippen LogP contribution in [0.1, 0.15) is 33.1 Å². The van der Waals surface area contributed by atoms with E-state index in [1.54, 1.807) is 21.3 Å². The van der Waals surface area contributed by atoms with Crippen molar-refractivity contribution in [2.45, 2.75) is 38.6 Å². The van der Waals surface area contributed by atoms with E-state index in [0.29, 0.717) is 6.41 Å². The van der Waals surface area contributed by atoms with Gasteiger partial charge in [-0.1, -0.05) is 13.8 Å². The standard InChI is InChI=1S/C9H18FNO.C2H5NO.C2H6O/c1-3-9(8-12-10)6-5-7-11(9)4-2;1-3-2-4;1-3-2/h3-8H2,1-2H3;2H,1H3,(H,3,4);1-2H3. The van der Waals surface area contributed by atoms with Crippen LogP contribution in [0.4, 0.5) is 4.53 Å². The third kappa shape index (κ3) is 8.13.